The van der Waals surface area contributed by atoms with Crippen molar-refractivity contribution < 1.29 is 9.47 Å². The Kier molecular flexibility index (Phi) is 3.11. The van der Waals surface area contributed by atoms with E-state index < -0.39 is 12.1 Å². The molecule has 1 fully saturated rings. The van der Waals surface area contributed by atoms with Crippen LogP contribution in [0.3, 0.4) is 0 Å². The summed E-state index contributed by atoms with van der Waals surface area (Å²) in [5.74, 6) is 0. The molecular formula is C7H14Cl2O2Si. The molecule has 1 heterocycles. The highest BCUT2D eigenvalue weighted by Crippen LogP contribution is 2.48. The highest BCUT2D eigenvalue weighted by atomic mass is 35.7. The smallest absolute Gasteiger partial charge is 0.313 e. The maximum atomic E-state index is 6.07. The van der Waals surface area contributed by atoms with Gasteiger partial charge in [-0.1, -0.05) is 6.92 Å². The van der Waals surface area contributed by atoms with Gasteiger partial charge in [-0.05, 0) is 19.9 Å². The molecule has 0 N–H and O–H groups in total. The molecule has 1 aliphatic rings. The van der Waals surface area contributed by atoms with E-state index in [0.29, 0.717) is 6.61 Å². The van der Waals surface area contributed by atoms with Crippen molar-refractivity contribution >= 4 is 28.9 Å². The molecule has 0 aliphatic carbocycles. The van der Waals surface area contributed by atoms with Crippen molar-refractivity contribution in [2.75, 3.05) is 6.61 Å². The molecule has 0 amide bonds. The summed E-state index contributed by atoms with van der Waals surface area (Å²) >= 11 is 12.1. The molecule has 1 aliphatic heterocycles. The minimum atomic E-state index is -2.37. The first-order chi connectivity index (χ1) is 5.44. The minimum Gasteiger partial charge on any atom is -0.348 e. The molecule has 0 aromatic heterocycles. The molecule has 0 aromatic carbocycles. The van der Waals surface area contributed by atoms with Gasteiger partial charge >= 0.3 is 6.69 Å². The fraction of sp³-hybridized carbons (Fsp3) is 1.00. The topological polar surface area (TPSA) is 21.8 Å². The molecule has 2 atom stereocenters. The quantitative estimate of drug-likeness (QED) is 0.420. The van der Waals surface area contributed by atoms with Gasteiger partial charge in [0.05, 0.1) is 0 Å². The Morgan fingerprint density at radius 2 is 2.08 bits per heavy atom. The summed E-state index contributed by atoms with van der Waals surface area (Å²) in [7, 11) is 0. The van der Waals surface area contributed by atoms with Crippen molar-refractivity contribution in [3.8, 4) is 0 Å². The van der Waals surface area contributed by atoms with Gasteiger partial charge in [-0.15, -0.1) is 22.2 Å². The maximum absolute atomic E-state index is 6.07. The Labute approximate surface area is 83.5 Å². The van der Waals surface area contributed by atoms with Crippen molar-refractivity contribution in [1.29, 1.82) is 0 Å². The molecular weight excluding hydrogens is 215 g/mol. The van der Waals surface area contributed by atoms with E-state index in [1.54, 1.807) is 0 Å². The summed E-state index contributed by atoms with van der Waals surface area (Å²) in [6, 6.07) is 0. The van der Waals surface area contributed by atoms with Crippen molar-refractivity contribution in [3.63, 3.8) is 0 Å². The Hall–Kier alpha value is 0.717. The molecule has 72 valence electrons. The van der Waals surface area contributed by atoms with Crippen LogP contribution < -0.4 is 0 Å². The largest absolute Gasteiger partial charge is 0.348 e. The van der Waals surface area contributed by atoms with Crippen LogP contribution >= 0.6 is 22.2 Å². The van der Waals surface area contributed by atoms with Crippen LogP contribution in [0.5, 0.6) is 0 Å². The average molecular weight is 229 g/mol. The first kappa shape index (κ1) is 10.8. The van der Waals surface area contributed by atoms with E-state index in [1.807, 2.05) is 20.4 Å². The number of hydrogen-bond acceptors (Lipinski definition) is 2. The number of epoxide rings is 1. The summed E-state index contributed by atoms with van der Waals surface area (Å²) < 4.78 is 10.9. The fourth-order valence-corrected chi connectivity index (χ4v) is 4.19. The van der Waals surface area contributed by atoms with Crippen LogP contribution in [0.4, 0.5) is 0 Å². The zero-order valence-electron chi connectivity index (χ0n) is 7.56. The first-order valence-corrected chi connectivity index (χ1v) is 8.66. The number of hydrogen-bond donors (Lipinski definition) is 0. The lowest BCUT2D eigenvalue weighted by molar-refractivity contribution is 0.0129. The summed E-state index contributed by atoms with van der Waals surface area (Å²) in [6.07, 6.45) is 1.01. The Morgan fingerprint density at radius 1 is 1.58 bits per heavy atom. The second kappa shape index (κ2) is 3.46. The third-order valence-corrected chi connectivity index (χ3v) is 5.44. The third-order valence-electron chi connectivity index (χ3n) is 1.96. The van der Waals surface area contributed by atoms with Gasteiger partial charge < -0.3 is 9.47 Å². The molecule has 0 radical (unpaired) electrons. The van der Waals surface area contributed by atoms with Crippen molar-refractivity contribution in [2.24, 2.45) is 0 Å². The number of rotatable bonds is 4. The lowest BCUT2D eigenvalue weighted by atomic mass is 10.5. The zero-order chi connectivity index (χ0) is 9.41. The maximum Gasteiger partial charge on any atom is 0.313 e. The average Bonchev–Trinajstić information content (AvgIpc) is 2.57. The van der Waals surface area contributed by atoms with Gasteiger partial charge in [0, 0.05) is 6.61 Å². The van der Waals surface area contributed by atoms with Crippen molar-refractivity contribution in [2.45, 2.75) is 38.3 Å². The predicted octanol–water partition coefficient (Wildman–Crippen LogP) is 2.62. The van der Waals surface area contributed by atoms with E-state index in [4.69, 9.17) is 31.6 Å². The van der Waals surface area contributed by atoms with Crippen LogP contribution in [-0.2, 0) is 9.47 Å². The molecule has 0 spiro atoms. The second-order valence-electron chi connectivity index (χ2n) is 3.16. The predicted molar refractivity (Wildman–Crippen MR) is 52.8 cm³/mol. The molecule has 1 rings (SSSR count). The molecule has 5 heteroatoms. The molecule has 2 nitrogen and oxygen atoms in total. The SMILES string of the molecule is CCCOC1([Si](C)(Cl)Cl)OC1C. The molecule has 2 unspecified atom stereocenters. The number of halogens is 2. The lowest BCUT2D eigenvalue weighted by Crippen LogP contribution is -2.42. The van der Waals surface area contributed by atoms with Crippen LogP contribution in [-0.4, -0.2) is 24.8 Å². The van der Waals surface area contributed by atoms with E-state index >= 15 is 0 Å². The minimum absolute atomic E-state index is 0.0516. The van der Waals surface area contributed by atoms with Gasteiger partial charge in [-0.3, -0.25) is 0 Å². The molecule has 12 heavy (non-hydrogen) atoms. The zero-order valence-corrected chi connectivity index (χ0v) is 10.1. The highest BCUT2D eigenvalue weighted by molar-refractivity contribution is 7.46. The summed E-state index contributed by atoms with van der Waals surface area (Å²) in [5.41, 5.74) is -0.633. The van der Waals surface area contributed by atoms with Gasteiger partial charge in [-0.2, -0.15) is 0 Å². The van der Waals surface area contributed by atoms with E-state index in [0.717, 1.165) is 6.42 Å². The third kappa shape index (κ3) is 1.80. The van der Waals surface area contributed by atoms with Crippen molar-refractivity contribution in [3.05, 3.63) is 0 Å². The standard InChI is InChI=1S/C7H14Cl2O2Si/c1-4-5-10-7(6(2)11-7)12(3,8)9/h6H,4-5H2,1-3H3. The van der Waals surface area contributed by atoms with Crippen LogP contribution in [0.1, 0.15) is 20.3 Å². The lowest BCUT2D eigenvalue weighted by Gasteiger charge is -2.20. The van der Waals surface area contributed by atoms with E-state index in [1.165, 1.54) is 0 Å². The van der Waals surface area contributed by atoms with E-state index in [9.17, 15) is 0 Å². The van der Waals surface area contributed by atoms with E-state index in [-0.39, 0.29) is 6.10 Å². The number of ether oxygens (including phenoxy) is 2. The Bertz CT molecular complexity index is 171. The highest BCUT2D eigenvalue weighted by Gasteiger charge is 2.68. The van der Waals surface area contributed by atoms with Crippen LogP contribution in [0.15, 0.2) is 0 Å². The van der Waals surface area contributed by atoms with Gasteiger partial charge in [0.25, 0.3) is 0 Å². The van der Waals surface area contributed by atoms with Gasteiger partial charge in [0.15, 0.2) is 0 Å². The molecule has 1 saturated heterocycles. The second-order valence-corrected chi connectivity index (χ2v) is 10.8. The Balaban J connectivity index is 2.54. The normalized spacial score (nSPS) is 35.2. The monoisotopic (exact) mass is 228 g/mol. The van der Waals surface area contributed by atoms with Crippen molar-refractivity contribution in [1.82, 2.24) is 0 Å². The summed E-state index contributed by atoms with van der Waals surface area (Å²) in [5, 5.41) is 0. The molecule has 0 aromatic rings. The molecule has 0 saturated carbocycles. The van der Waals surface area contributed by atoms with Gasteiger partial charge in [0.2, 0.25) is 5.41 Å². The van der Waals surface area contributed by atoms with E-state index in [2.05, 4.69) is 0 Å². The van der Waals surface area contributed by atoms with Gasteiger partial charge in [0.1, 0.15) is 6.10 Å². The van der Waals surface area contributed by atoms with Gasteiger partial charge in [-0.25, -0.2) is 0 Å². The summed E-state index contributed by atoms with van der Waals surface area (Å²) in [6.45, 7) is 4.09. The Morgan fingerprint density at radius 3 is 2.33 bits per heavy atom. The molecule has 0 bridgehead atoms. The first-order valence-electron chi connectivity index (χ1n) is 4.13. The van der Waals surface area contributed by atoms with Crippen LogP contribution in [0.2, 0.25) is 6.55 Å². The fourth-order valence-electron chi connectivity index (χ4n) is 1.22. The summed E-state index contributed by atoms with van der Waals surface area (Å²) in [4.78, 5) is 0. The van der Waals surface area contributed by atoms with Crippen LogP contribution in [0, 0.1) is 0 Å². The van der Waals surface area contributed by atoms with Crippen LogP contribution in [0.25, 0.3) is 0 Å².